The predicted molar refractivity (Wildman–Crippen MR) is 80.9 cm³/mol. The summed E-state index contributed by atoms with van der Waals surface area (Å²) in [7, 11) is 0. The Morgan fingerprint density at radius 3 is 3.00 bits per heavy atom. The lowest BCUT2D eigenvalue weighted by molar-refractivity contribution is -0.126. The van der Waals surface area contributed by atoms with Crippen LogP contribution in [0.5, 0.6) is 0 Å². The molecule has 21 heavy (non-hydrogen) atoms. The van der Waals surface area contributed by atoms with Gasteiger partial charge in [0.1, 0.15) is 12.1 Å². The van der Waals surface area contributed by atoms with Gasteiger partial charge in [-0.1, -0.05) is 6.58 Å². The number of amides is 1. The number of rotatable bonds is 2. The zero-order valence-electron chi connectivity index (χ0n) is 11.9. The molecule has 2 aromatic rings. The first-order valence-corrected chi connectivity index (χ1v) is 6.94. The molecule has 0 radical (unpaired) electrons. The molecular weight excluding hydrogens is 266 g/mol. The van der Waals surface area contributed by atoms with E-state index in [2.05, 4.69) is 33.4 Å². The Morgan fingerprint density at radius 2 is 2.24 bits per heavy atom. The van der Waals surface area contributed by atoms with Crippen LogP contribution in [0.4, 0.5) is 5.82 Å². The van der Waals surface area contributed by atoms with Crippen molar-refractivity contribution in [2.24, 2.45) is 0 Å². The highest BCUT2D eigenvalue weighted by molar-refractivity contribution is 5.88. The zero-order valence-corrected chi connectivity index (χ0v) is 11.9. The summed E-state index contributed by atoms with van der Waals surface area (Å²) in [5.41, 5.74) is 0.694. The minimum absolute atomic E-state index is 0.0179. The van der Waals surface area contributed by atoms with Gasteiger partial charge in [0.2, 0.25) is 5.91 Å². The summed E-state index contributed by atoms with van der Waals surface area (Å²) in [6, 6.07) is 4.05. The molecule has 0 spiro atoms. The molecular formula is C15H17N5O. The smallest absolute Gasteiger partial charge is 0.246 e. The van der Waals surface area contributed by atoms with Crippen molar-refractivity contribution in [3.8, 4) is 0 Å². The molecule has 1 aliphatic heterocycles. The molecule has 0 unspecified atom stereocenters. The van der Waals surface area contributed by atoms with Crippen LogP contribution >= 0.6 is 0 Å². The normalized spacial score (nSPS) is 18.8. The Kier molecular flexibility index (Phi) is 3.51. The molecule has 1 amide bonds. The van der Waals surface area contributed by atoms with E-state index in [1.807, 2.05) is 17.0 Å². The van der Waals surface area contributed by atoms with E-state index in [0.717, 1.165) is 17.7 Å². The molecule has 3 heterocycles. The molecule has 1 aliphatic rings. The molecule has 0 bridgehead atoms. The van der Waals surface area contributed by atoms with E-state index < -0.39 is 0 Å². The minimum Gasteiger partial charge on any atom is -0.350 e. The standard InChI is InChI=1S/C15H17N5O/c1-3-13(21)19-7-8-20(11(2)9-19)15-12-5-4-6-16-14(12)17-10-18-15/h3-6,10-11H,1,7-9H2,2H3/t11-/m0/s1. The van der Waals surface area contributed by atoms with Gasteiger partial charge in [-0.15, -0.1) is 0 Å². The Labute approximate surface area is 123 Å². The molecule has 1 fully saturated rings. The summed E-state index contributed by atoms with van der Waals surface area (Å²) < 4.78 is 0. The quantitative estimate of drug-likeness (QED) is 0.776. The maximum Gasteiger partial charge on any atom is 0.246 e. The van der Waals surface area contributed by atoms with Gasteiger partial charge in [-0.2, -0.15) is 0 Å². The van der Waals surface area contributed by atoms with E-state index in [-0.39, 0.29) is 11.9 Å². The maximum absolute atomic E-state index is 11.7. The summed E-state index contributed by atoms with van der Waals surface area (Å²) in [6.45, 7) is 7.70. The van der Waals surface area contributed by atoms with Gasteiger partial charge in [0.25, 0.3) is 0 Å². The maximum atomic E-state index is 11.7. The van der Waals surface area contributed by atoms with E-state index in [0.29, 0.717) is 18.7 Å². The fourth-order valence-electron chi connectivity index (χ4n) is 2.71. The van der Waals surface area contributed by atoms with Crippen molar-refractivity contribution in [2.75, 3.05) is 24.5 Å². The van der Waals surface area contributed by atoms with Crippen LogP contribution in [0.2, 0.25) is 0 Å². The van der Waals surface area contributed by atoms with E-state index in [9.17, 15) is 4.79 Å². The molecule has 0 aromatic carbocycles. The molecule has 0 saturated carbocycles. The van der Waals surface area contributed by atoms with Crippen LogP contribution < -0.4 is 4.90 Å². The van der Waals surface area contributed by atoms with E-state index in [4.69, 9.17) is 0 Å². The monoisotopic (exact) mass is 283 g/mol. The molecule has 0 aliphatic carbocycles. The van der Waals surface area contributed by atoms with Crippen molar-refractivity contribution < 1.29 is 4.79 Å². The molecule has 1 saturated heterocycles. The lowest BCUT2D eigenvalue weighted by Crippen LogP contribution is -2.53. The van der Waals surface area contributed by atoms with Crippen LogP contribution in [0.25, 0.3) is 11.0 Å². The average Bonchev–Trinajstić information content (AvgIpc) is 2.53. The van der Waals surface area contributed by atoms with Crippen LogP contribution in [0.3, 0.4) is 0 Å². The first kappa shape index (κ1) is 13.5. The van der Waals surface area contributed by atoms with E-state index >= 15 is 0 Å². The highest BCUT2D eigenvalue weighted by atomic mass is 16.2. The third-order valence-corrected chi connectivity index (χ3v) is 3.77. The van der Waals surface area contributed by atoms with Crippen molar-refractivity contribution in [1.29, 1.82) is 0 Å². The molecule has 2 aromatic heterocycles. The van der Waals surface area contributed by atoms with Crippen molar-refractivity contribution >= 4 is 22.8 Å². The van der Waals surface area contributed by atoms with Crippen LogP contribution in [-0.2, 0) is 4.79 Å². The van der Waals surface area contributed by atoms with Crippen molar-refractivity contribution in [3.05, 3.63) is 37.3 Å². The summed E-state index contributed by atoms with van der Waals surface area (Å²) >= 11 is 0. The van der Waals surface area contributed by atoms with E-state index in [1.54, 1.807) is 12.5 Å². The second kappa shape index (κ2) is 5.47. The number of nitrogens with zero attached hydrogens (tertiary/aromatic N) is 5. The van der Waals surface area contributed by atoms with Gasteiger partial charge in [-0.25, -0.2) is 15.0 Å². The number of fused-ring (bicyclic) bond motifs is 1. The number of hydrogen-bond acceptors (Lipinski definition) is 5. The van der Waals surface area contributed by atoms with Crippen molar-refractivity contribution in [2.45, 2.75) is 13.0 Å². The highest BCUT2D eigenvalue weighted by Crippen LogP contribution is 2.25. The fourth-order valence-corrected chi connectivity index (χ4v) is 2.71. The zero-order chi connectivity index (χ0) is 14.8. The highest BCUT2D eigenvalue weighted by Gasteiger charge is 2.27. The minimum atomic E-state index is -0.0179. The number of carbonyl (C=O) groups excluding carboxylic acids is 1. The van der Waals surface area contributed by atoms with Gasteiger partial charge in [-0.05, 0) is 25.1 Å². The SMILES string of the molecule is C=CC(=O)N1CCN(c2ncnc3ncccc23)[C@@H](C)C1. The molecule has 6 nitrogen and oxygen atoms in total. The third-order valence-electron chi connectivity index (χ3n) is 3.77. The molecule has 6 heteroatoms. The Bertz CT molecular complexity index is 681. The Hall–Kier alpha value is -2.50. The summed E-state index contributed by atoms with van der Waals surface area (Å²) in [4.78, 5) is 28.6. The second-order valence-electron chi connectivity index (χ2n) is 5.10. The summed E-state index contributed by atoms with van der Waals surface area (Å²) in [6.07, 6.45) is 4.63. The van der Waals surface area contributed by atoms with Gasteiger partial charge in [0.15, 0.2) is 5.65 Å². The molecule has 0 N–H and O–H groups in total. The largest absolute Gasteiger partial charge is 0.350 e. The average molecular weight is 283 g/mol. The molecule has 3 rings (SSSR count). The summed E-state index contributed by atoms with van der Waals surface area (Å²) in [5, 5.41) is 0.940. The van der Waals surface area contributed by atoms with Crippen LogP contribution in [0.1, 0.15) is 6.92 Å². The van der Waals surface area contributed by atoms with Crippen LogP contribution in [-0.4, -0.2) is 51.4 Å². The van der Waals surface area contributed by atoms with Gasteiger partial charge in [-0.3, -0.25) is 4.79 Å². The van der Waals surface area contributed by atoms with Crippen LogP contribution in [0.15, 0.2) is 37.3 Å². The topological polar surface area (TPSA) is 62.2 Å². The predicted octanol–water partition coefficient (Wildman–Crippen LogP) is 1.25. The van der Waals surface area contributed by atoms with Gasteiger partial charge < -0.3 is 9.80 Å². The third kappa shape index (κ3) is 2.44. The molecule has 108 valence electrons. The van der Waals surface area contributed by atoms with Crippen molar-refractivity contribution in [1.82, 2.24) is 19.9 Å². The number of carbonyl (C=O) groups is 1. The number of pyridine rings is 1. The fraction of sp³-hybridized carbons (Fsp3) is 0.333. The van der Waals surface area contributed by atoms with E-state index in [1.165, 1.54) is 6.08 Å². The molecule has 1 atom stereocenters. The lowest BCUT2D eigenvalue weighted by atomic mass is 10.1. The number of aromatic nitrogens is 3. The van der Waals surface area contributed by atoms with Gasteiger partial charge in [0, 0.05) is 31.9 Å². The summed E-state index contributed by atoms with van der Waals surface area (Å²) in [5.74, 6) is 0.863. The Morgan fingerprint density at radius 1 is 1.38 bits per heavy atom. The number of piperazine rings is 1. The lowest BCUT2D eigenvalue weighted by Gasteiger charge is -2.40. The number of hydrogen-bond donors (Lipinski definition) is 0. The van der Waals surface area contributed by atoms with Gasteiger partial charge in [0.05, 0.1) is 5.39 Å². The first-order chi connectivity index (χ1) is 10.2. The second-order valence-corrected chi connectivity index (χ2v) is 5.10. The number of anilines is 1. The van der Waals surface area contributed by atoms with Crippen molar-refractivity contribution in [3.63, 3.8) is 0 Å². The Balaban J connectivity index is 1.90. The van der Waals surface area contributed by atoms with Gasteiger partial charge >= 0.3 is 0 Å². The van der Waals surface area contributed by atoms with Crippen LogP contribution in [0, 0.1) is 0 Å². The first-order valence-electron chi connectivity index (χ1n) is 6.94.